The maximum atomic E-state index is 13.1. The molecule has 2 aromatic carbocycles. The van der Waals surface area contributed by atoms with Crippen molar-refractivity contribution in [2.75, 3.05) is 12.4 Å². The van der Waals surface area contributed by atoms with E-state index in [0.29, 0.717) is 11.1 Å². The molecular weight excluding hydrogens is 267 g/mol. The van der Waals surface area contributed by atoms with Crippen LogP contribution >= 0.6 is 0 Å². The van der Waals surface area contributed by atoms with Gasteiger partial charge in [0, 0.05) is 17.3 Å². The summed E-state index contributed by atoms with van der Waals surface area (Å²) in [5.41, 5.74) is 2.96. The Balaban J connectivity index is 2.12. The number of aryl methyl sites for hydroxylation is 1. The molecule has 0 aliphatic rings. The molecule has 0 aliphatic carbocycles. The summed E-state index contributed by atoms with van der Waals surface area (Å²) in [6.45, 7) is 3.78. The Morgan fingerprint density at radius 2 is 1.81 bits per heavy atom. The van der Waals surface area contributed by atoms with E-state index in [-0.39, 0.29) is 17.8 Å². The Morgan fingerprint density at radius 3 is 2.38 bits per heavy atom. The van der Waals surface area contributed by atoms with Crippen molar-refractivity contribution in [3.8, 4) is 0 Å². The smallest absolute Gasteiger partial charge is 0.255 e. The van der Waals surface area contributed by atoms with Crippen LogP contribution in [0.1, 0.15) is 34.5 Å². The summed E-state index contributed by atoms with van der Waals surface area (Å²) in [5, 5.41) is 5.98. The monoisotopic (exact) mass is 286 g/mol. The van der Waals surface area contributed by atoms with Gasteiger partial charge in [0.15, 0.2) is 0 Å². The van der Waals surface area contributed by atoms with Crippen LogP contribution in [0.2, 0.25) is 0 Å². The van der Waals surface area contributed by atoms with Crippen molar-refractivity contribution in [2.24, 2.45) is 0 Å². The molecule has 2 rings (SSSR count). The molecule has 1 atom stereocenters. The summed E-state index contributed by atoms with van der Waals surface area (Å²) in [4.78, 5) is 12.2. The molecule has 0 radical (unpaired) electrons. The van der Waals surface area contributed by atoms with Crippen molar-refractivity contribution in [3.63, 3.8) is 0 Å². The van der Waals surface area contributed by atoms with Gasteiger partial charge in [0.25, 0.3) is 5.91 Å². The molecule has 4 heteroatoms. The van der Waals surface area contributed by atoms with Gasteiger partial charge in [-0.3, -0.25) is 4.79 Å². The lowest BCUT2D eigenvalue weighted by atomic mass is 10.1. The fourth-order valence-electron chi connectivity index (χ4n) is 2.10. The number of amides is 1. The molecule has 0 saturated heterocycles. The second-order valence-corrected chi connectivity index (χ2v) is 5.05. The van der Waals surface area contributed by atoms with E-state index < -0.39 is 0 Å². The van der Waals surface area contributed by atoms with Gasteiger partial charge in [0.05, 0.1) is 0 Å². The van der Waals surface area contributed by atoms with Crippen LogP contribution in [0.15, 0.2) is 42.5 Å². The number of nitrogens with one attached hydrogen (secondary N) is 2. The molecule has 1 unspecified atom stereocenters. The molecule has 2 aromatic rings. The molecule has 0 aromatic heterocycles. The normalized spacial score (nSPS) is 12.0. The second kappa shape index (κ2) is 6.50. The van der Waals surface area contributed by atoms with Gasteiger partial charge in [-0.25, -0.2) is 4.39 Å². The number of anilines is 1. The van der Waals surface area contributed by atoms with Gasteiger partial charge >= 0.3 is 0 Å². The predicted octanol–water partition coefficient (Wildman–Crippen LogP) is 3.67. The van der Waals surface area contributed by atoms with Crippen molar-refractivity contribution in [1.29, 1.82) is 0 Å². The predicted molar refractivity (Wildman–Crippen MR) is 83.0 cm³/mol. The highest BCUT2D eigenvalue weighted by atomic mass is 19.1. The minimum absolute atomic E-state index is 0.234. The minimum atomic E-state index is -0.338. The Morgan fingerprint density at radius 1 is 1.14 bits per heavy atom. The van der Waals surface area contributed by atoms with Crippen LogP contribution in [0, 0.1) is 12.7 Å². The molecule has 2 N–H and O–H groups in total. The van der Waals surface area contributed by atoms with Crippen molar-refractivity contribution < 1.29 is 9.18 Å². The molecule has 3 nitrogen and oxygen atoms in total. The zero-order valence-corrected chi connectivity index (χ0v) is 12.4. The lowest BCUT2D eigenvalue weighted by molar-refractivity contribution is 0.102. The third kappa shape index (κ3) is 3.67. The molecule has 110 valence electrons. The topological polar surface area (TPSA) is 41.1 Å². The molecule has 0 saturated carbocycles. The van der Waals surface area contributed by atoms with Gasteiger partial charge in [0.2, 0.25) is 0 Å². The van der Waals surface area contributed by atoms with Gasteiger partial charge in [-0.1, -0.05) is 12.1 Å². The van der Waals surface area contributed by atoms with E-state index in [9.17, 15) is 9.18 Å². The van der Waals surface area contributed by atoms with Crippen LogP contribution in [-0.2, 0) is 0 Å². The second-order valence-electron chi connectivity index (χ2n) is 5.05. The van der Waals surface area contributed by atoms with Crippen LogP contribution < -0.4 is 10.6 Å². The van der Waals surface area contributed by atoms with E-state index >= 15 is 0 Å². The van der Waals surface area contributed by atoms with Crippen molar-refractivity contribution in [1.82, 2.24) is 5.32 Å². The molecule has 0 bridgehead atoms. The largest absolute Gasteiger partial charge is 0.322 e. The van der Waals surface area contributed by atoms with Crippen molar-refractivity contribution >= 4 is 11.6 Å². The average molecular weight is 286 g/mol. The molecule has 1 amide bonds. The highest BCUT2D eigenvalue weighted by Gasteiger charge is 2.10. The van der Waals surface area contributed by atoms with Crippen molar-refractivity contribution in [2.45, 2.75) is 19.9 Å². The number of carbonyl (C=O) groups excluding carboxylic acids is 1. The third-order valence-corrected chi connectivity index (χ3v) is 3.53. The summed E-state index contributed by atoms with van der Waals surface area (Å²) in [6, 6.07) is 12.1. The first-order valence-corrected chi connectivity index (χ1v) is 6.86. The highest BCUT2D eigenvalue weighted by molar-refractivity contribution is 6.05. The van der Waals surface area contributed by atoms with Gasteiger partial charge in [-0.15, -0.1) is 0 Å². The van der Waals surface area contributed by atoms with Crippen LogP contribution in [0.3, 0.4) is 0 Å². The average Bonchev–Trinajstić information content (AvgIpc) is 2.47. The summed E-state index contributed by atoms with van der Waals surface area (Å²) in [7, 11) is 1.90. The van der Waals surface area contributed by atoms with Crippen LogP contribution in [0.25, 0.3) is 0 Å². The quantitative estimate of drug-likeness (QED) is 0.900. The number of benzene rings is 2. The lowest BCUT2D eigenvalue weighted by Crippen LogP contribution is -2.14. The number of rotatable bonds is 4. The van der Waals surface area contributed by atoms with Gasteiger partial charge in [-0.2, -0.15) is 0 Å². The summed E-state index contributed by atoms with van der Waals surface area (Å²) < 4.78 is 13.1. The number of carbonyl (C=O) groups is 1. The minimum Gasteiger partial charge on any atom is -0.322 e. The van der Waals surface area contributed by atoms with E-state index in [1.807, 2.05) is 31.3 Å². The summed E-state index contributed by atoms with van der Waals surface area (Å²) >= 11 is 0. The fraction of sp³-hybridized carbons (Fsp3) is 0.235. The van der Waals surface area contributed by atoms with Gasteiger partial charge in [0.1, 0.15) is 5.82 Å². The molecular formula is C17H19FN2O. The van der Waals surface area contributed by atoms with Crippen molar-refractivity contribution in [3.05, 3.63) is 65.0 Å². The number of halogens is 1. The first kappa shape index (κ1) is 15.2. The zero-order chi connectivity index (χ0) is 15.4. The standard InChI is InChI=1S/C17H19FN2O/c1-11-10-14(18)6-9-16(11)17(21)20-15-7-4-13(5-8-15)12(2)19-3/h4-10,12,19H,1-3H3,(H,20,21). The SMILES string of the molecule is CNC(C)c1ccc(NC(=O)c2ccc(F)cc2C)cc1. The fourth-order valence-corrected chi connectivity index (χ4v) is 2.10. The van der Waals surface area contributed by atoms with Crippen LogP contribution in [0.5, 0.6) is 0 Å². The summed E-state index contributed by atoms with van der Waals surface area (Å²) in [6.07, 6.45) is 0. The number of hydrogen-bond acceptors (Lipinski definition) is 2. The maximum Gasteiger partial charge on any atom is 0.255 e. The summed E-state index contributed by atoms with van der Waals surface area (Å²) in [5.74, 6) is -0.573. The third-order valence-electron chi connectivity index (χ3n) is 3.53. The highest BCUT2D eigenvalue weighted by Crippen LogP contribution is 2.17. The Hall–Kier alpha value is -2.20. The number of hydrogen-bond donors (Lipinski definition) is 2. The first-order valence-electron chi connectivity index (χ1n) is 6.86. The van der Waals surface area contributed by atoms with E-state index in [1.54, 1.807) is 6.92 Å². The molecule has 21 heavy (non-hydrogen) atoms. The van der Waals surface area contributed by atoms with E-state index in [1.165, 1.54) is 18.2 Å². The Bertz CT molecular complexity index is 638. The Labute approximate surface area is 124 Å². The first-order chi connectivity index (χ1) is 10.0. The lowest BCUT2D eigenvalue weighted by Gasteiger charge is -2.12. The van der Waals surface area contributed by atoms with E-state index in [0.717, 1.165) is 11.3 Å². The molecule has 0 fully saturated rings. The van der Waals surface area contributed by atoms with E-state index in [2.05, 4.69) is 17.6 Å². The van der Waals surface area contributed by atoms with Gasteiger partial charge in [-0.05, 0) is 62.4 Å². The zero-order valence-electron chi connectivity index (χ0n) is 12.4. The maximum absolute atomic E-state index is 13.1. The molecule has 0 aliphatic heterocycles. The Kier molecular flexibility index (Phi) is 4.70. The molecule has 0 heterocycles. The van der Waals surface area contributed by atoms with E-state index in [4.69, 9.17) is 0 Å². The molecule has 0 spiro atoms. The van der Waals surface area contributed by atoms with Crippen LogP contribution in [0.4, 0.5) is 10.1 Å². The van der Waals surface area contributed by atoms with Crippen LogP contribution in [-0.4, -0.2) is 13.0 Å². The van der Waals surface area contributed by atoms with Gasteiger partial charge < -0.3 is 10.6 Å².